The van der Waals surface area contributed by atoms with E-state index in [1.165, 1.54) is 4.90 Å². The fourth-order valence-corrected chi connectivity index (χ4v) is 0.895. The molecule has 1 atom stereocenters. The summed E-state index contributed by atoms with van der Waals surface area (Å²) in [6, 6.07) is -0.419. The number of aliphatic hydroxyl groups excluding tert-OH is 1. The highest BCUT2D eigenvalue weighted by molar-refractivity contribution is 5.76. The van der Waals surface area contributed by atoms with Gasteiger partial charge in [0.05, 0.1) is 6.54 Å². The van der Waals surface area contributed by atoms with E-state index in [2.05, 4.69) is 11.9 Å². The molecule has 0 radical (unpaired) electrons. The molecule has 86 valence electrons. The molecule has 15 heavy (non-hydrogen) atoms. The van der Waals surface area contributed by atoms with E-state index >= 15 is 0 Å². The lowest BCUT2D eigenvalue weighted by atomic mass is 10.3. The normalized spacial score (nSPS) is 11.6. The summed E-state index contributed by atoms with van der Waals surface area (Å²) in [5.74, 6) is -1.36. The molecular formula is C9H16N2O4. The van der Waals surface area contributed by atoms with E-state index in [9.17, 15) is 9.59 Å². The number of carboxylic acid groups (broad SMARTS) is 1. The molecule has 6 heteroatoms. The molecule has 0 saturated carbocycles. The number of carbonyl (C=O) groups is 2. The Bertz CT molecular complexity index is 242. The van der Waals surface area contributed by atoms with Gasteiger partial charge in [-0.2, -0.15) is 0 Å². The van der Waals surface area contributed by atoms with Crippen LogP contribution in [0.25, 0.3) is 0 Å². The van der Waals surface area contributed by atoms with Gasteiger partial charge in [-0.15, -0.1) is 6.58 Å². The van der Waals surface area contributed by atoms with Gasteiger partial charge in [-0.1, -0.05) is 6.08 Å². The van der Waals surface area contributed by atoms with Crippen molar-refractivity contribution in [3.8, 4) is 0 Å². The zero-order chi connectivity index (χ0) is 11.8. The highest BCUT2D eigenvalue weighted by atomic mass is 16.4. The summed E-state index contributed by atoms with van der Waals surface area (Å²) < 4.78 is 0. The Kier molecular flexibility index (Phi) is 6.12. The minimum absolute atomic E-state index is 0.304. The number of nitrogens with zero attached hydrogens (tertiary/aromatic N) is 1. The van der Waals surface area contributed by atoms with E-state index in [4.69, 9.17) is 10.2 Å². The van der Waals surface area contributed by atoms with Gasteiger partial charge < -0.3 is 20.4 Å². The lowest BCUT2D eigenvalue weighted by molar-refractivity contribution is -0.146. The number of carbonyl (C=O) groups excluding carboxylic acids is 1. The second-order valence-corrected chi connectivity index (χ2v) is 2.87. The van der Waals surface area contributed by atoms with Crippen LogP contribution in [0.2, 0.25) is 0 Å². The Balaban J connectivity index is 4.00. The van der Waals surface area contributed by atoms with Gasteiger partial charge in [0, 0.05) is 13.1 Å². The first-order valence-corrected chi connectivity index (χ1v) is 4.57. The Hall–Kier alpha value is -1.56. The van der Waals surface area contributed by atoms with E-state index in [0.717, 1.165) is 0 Å². The van der Waals surface area contributed by atoms with Crippen LogP contribution in [-0.2, 0) is 4.79 Å². The minimum atomic E-state index is -1.57. The largest absolute Gasteiger partial charge is 0.479 e. The maximum absolute atomic E-state index is 11.4. The predicted octanol–water partition coefficient (Wildman–Crippen LogP) is -0.351. The molecule has 0 aromatic heterocycles. The monoisotopic (exact) mass is 216 g/mol. The number of rotatable bonds is 6. The SMILES string of the molecule is C=CCN(CC)C(=O)NCC(O)C(=O)O. The molecule has 0 aliphatic carbocycles. The molecule has 0 saturated heterocycles. The topological polar surface area (TPSA) is 89.9 Å². The van der Waals surface area contributed by atoms with Crippen LogP contribution in [0, 0.1) is 0 Å². The number of carboxylic acids is 1. The van der Waals surface area contributed by atoms with Crippen molar-refractivity contribution in [2.45, 2.75) is 13.0 Å². The van der Waals surface area contributed by atoms with E-state index in [1.54, 1.807) is 13.0 Å². The first-order chi connectivity index (χ1) is 7.02. The number of urea groups is 1. The van der Waals surface area contributed by atoms with E-state index in [-0.39, 0.29) is 6.54 Å². The summed E-state index contributed by atoms with van der Waals surface area (Å²) in [5, 5.41) is 19.6. The Morgan fingerprint density at radius 2 is 2.20 bits per heavy atom. The number of hydrogen-bond acceptors (Lipinski definition) is 3. The van der Waals surface area contributed by atoms with Gasteiger partial charge in [-0.3, -0.25) is 0 Å². The molecule has 1 unspecified atom stereocenters. The summed E-state index contributed by atoms with van der Waals surface area (Å²) in [4.78, 5) is 23.0. The summed E-state index contributed by atoms with van der Waals surface area (Å²) in [5.41, 5.74) is 0. The smallest absolute Gasteiger partial charge is 0.334 e. The summed E-state index contributed by atoms with van der Waals surface area (Å²) in [6.07, 6.45) is -0.00661. The number of amides is 2. The Morgan fingerprint density at radius 3 is 2.60 bits per heavy atom. The van der Waals surface area contributed by atoms with E-state index < -0.39 is 18.1 Å². The average Bonchev–Trinajstić information content (AvgIpc) is 2.21. The van der Waals surface area contributed by atoms with Crippen molar-refractivity contribution in [1.82, 2.24) is 10.2 Å². The lowest BCUT2D eigenvalue weighted by Gasteiger charge is -2.19. The second kappa shape index (κ2) is 6.83. The van der Waals surface area contributed by atoms with Crippen molar-refractivity contribution in [1.29, 1.82) is 0 Å². The summed E-state index contributed by atoms with van der Waals surface area (Å²) in [7, 11) is 0. The number of nitrogens with one attached hydrogen (secondary N) is 1. The molecule has 6 nitrogen and oxygen atoms in total. The van der Waals surface area contributed by atoms with Crippen molar-refractivity contribution < 1.29 is 19.8 Å². The first-order valence-electron chi connectivity index (χ1n) is 4.57. The summed E-state index contributed by atoms with van der Waals surface area (Å²) >= 11 is 0. The van der Waals surface area contributed by atoms with Crippen molar-refractivity contribution in [2.75, 3.05) is 19.6 Å². The van der Waals surface area contributed by atoms with Gasteiger partial charge >= 0.3 is 12.0 Å². The van der Waals surface area contributed by atoms with Crippen molar-refractivity contribution in [3.05, 3.63) is 12.7 Å². The molecule has 0 aliphatic heterocycles. The number of likely N-dealkylation sites (N-methyl/N-ethyl adjacent to an activating group) is 1. The molecule has 2 amide bonds. The van der Waals surface area contributed by atoms with Gasteiger partial charge in [0.1, 0.15) is 0 Å². The molecule has 0 aromatic rings. The molecule has 0 bridgehead atoms. The zero-order valence-electron chi connectivity index (χ0n) is 8.64. The molecule has 0 spiro atoms. The van der Waals surface area contributed by atoms with Crippen molar-refractivity contribution in [3.63, 3.8) is 0 Å². The number of hydrogen-bond donors (Lipinski definition) is 3. The molecule has 0 aromatic carbocycles. The summed E-state index contributed by atoms with van der Waals surface area (Å²) in [6.45, 7) is 5.84. The van der Waals surface area contributed by atoms with Crippen LogP contribution in [0.15, 0.2) is 12.7 Å². The van der Waals surface area contributed by atoms with Gasteiger partial charge in [0.25, 0.3) is 0 Å². The highest BCUT2D eigenvalue weighted by Crippen LogP contribution is 1.90. The van der Waals surface area contributed by atoms with Crippen LogP contribution in [0.3, 0.4) is 0 Å². The average molecular weight is 216 g/mol. The lowest BCUT2D eigenvalue weighted by Crippen LogP contribution is -2.44. The van der Waals surface area contributed by atoms with Gasteiger partial charge in [-0.05, 0) is 6.92 Å². The highest BCUT2D eigenvalue weighted by Gasteiger charge is 2.16. The third-order valence-electron chi connectivity index (χ3n) is 1.75. The van der Waals surface area contributed by atoms with Crippen LogP contribution in [0.4, 0.5) is 4.79 Å². The van der Waals surface area contributed by atoms with Gasteiger partial charge in [0.2, 0.25) is 0 Å². The molecule has 0 aliphatic rings. The number of aliphatic hydroxyl groups is 1. The van der Waals surface area contributed by atoms with Crippen molar-refractivity contribution in [2.24, 2.45) is 0 Å². The van der Waals surface area contributed by atoms with Crippen LogP contribution >= 0.6 is 0 Å². The zero-order valence-corrected chi connectivity index (χ0v) is 8.64. The quantitative estimate of drug-likeness (QED) is 0.529. The molecular weight excluding hydrogens is 200 g/mol. The van der Waals surface area contributed by atoms with Crippen molar-refractivity contribution >= 4 is 12.0 Å². The van der Waals surface area contributed by atoms with E-state index in [0.29, 0.717) is 13.1 Å². The Morgan fingerprint density at radius 1 is 1.60 bits per heavy atom. The second-order valence-electron chi connectivity index (χ2n) is 2.87. The standard InChI is InChI=1S/C9H16N2O4/c1-3-5-11(4-2)9(15)10-6-7(12)8(13)14/h3,7,12H,1,4-6H2,2H3,(H,10,15)(H,13,14). The molecule has 0 heterocycles. The molecule has 3 N–H and O–H groups in total. The maximum Gasteiger partial charge on any atom is 0.334 e. The van der Waals surface area contributed by atoms with E-state index in [1.807, 2.05) is 0 Å². The van der Waals surface area contributed by atoms with Gasteiger partial charge in [0.15, 0.2) is 6.10 Å². The van der Waals surface area contributed by atoms with Crippen LogP contribution in [0.1, 0.15) is 6.92 Å². The third-order valence-corrected chi connectivity index (χ3v) is 1.75. The fraction of sp³-hybridized carbons (Fsp3) is 0.556. The number of aliphatic carboxylic acids is 1. The molecule has 0 rings (SSSR count). The van der Waals surface area contributed by atoms with Crippen LogP contribution < -0.4 is 5.32 Å². The minimum Gasteiger partial charge on any atom is -0.479 e. The first kappa shape index (κ1) is 13.4. The van der Waals surface area contributed by atoms with Gasteiger partial charge in [-0.25, -0.2) is 9.59 Å². The predicted molar refractivity (Wildman–Crippen MR) is 54.5 cm³/mol. The van der Waals surface area contributed by atoms with Crippen LogP contribution in [0.5, 0.6) is 0 Å². The fourth-order valence-electron chi connectivity index (χ4n) is 0.895. The third kappa shape index (κ3) is 5.02. The molecule has 0 fully saturated rings. The maximum atomic E-state index is 11.4. The Labute approximate surface area is 88.2 Å². The van der Waals surface area contributed by atoms with Crippen LogP contribution in [-0.4, -0.2) is 52.9 Å².